The Balaban J connectivity index is 1.21. The zero-order valence-electron chi connectivity index (χ0n) is 23.2. The Hall–Kier alpha value is -5.38. The fourth-order valence-corrected chi connectivity index (χ4v) is 7.59. The molecule has 2 heterocycles. The van der Waals surface area contributed by atoms with Gasteiger partial charge in [0.05, 0.1) is 0 Å². The minimum atomic E-state index is 0.931. The van der Waals surface area contributed by atoms with Crippen molar-refractivity contribution in [1.82, 2.24) is 0 Å². The van der Waals surface area contributed by atoms with Gasteiger partial charge in [-0.15, -0.1) is 11.3 Å². The third-order valence-electron chi connectivity index (χ3n) is 8.45. The van der Waals surface area contributed by atoms with Gasteiger partial charge in [-0.1, -0.05) is 91.0 Å². The molecule has 0 unspecified atom stereocenters. The van der Waals surface area contributed by atoms with Crippen LogP contribution >= 0.6 is 11.3 Å². The summed E-state index contributed by atoms with van der Waals surface area (Å²) < 4.78 is 9.02. The second-order valence-electron chi connectivity index (χ2n) is 10.9. The van der Waals surface area contributed by atoms with Gasteiger partial charge >= 0.3 is 0 Å². The molecule has 0 spiro atoms. The zero-order valence-corrected chi connectivity index (χ0v) is 24.0. The summed E-state index contributed by atoms with van der Waals surface area (Å²) in [5.41, 5.74) is 7.70. The fourth-order valence-electron chi connectivity index (χ4n) is 6.46. The topological polar surface area (TPSA) is 16.4 Å². The summed E-state index contributed by atoms with van der Waals surface area (Å²) in [5, 5.41) is 7.26. The fraction of sp³-hybridized carbons (Fsp3) is 0. The van der Waals surface area contributed by atoms with Gasteiger partial charge < -0.3 is 9.32 Å². The van der Waals surface area contributed by atoms with Gasteiger partial charge in [-0.05, 0) is 82.6 Å². The monoisotopic (exact) mass is 567 g/mol. The molecule has 9 rings (SSSR count). The summed E-state index contributed by atoms with van der Waals surface area (Å²) in [7, 11) is 0. The highest BCUT2D eigenvalue weighted by molar-refractivity contribution is 7.26. The maximum Gasteiger partial charge on any atom is 0.144 e. The van der Waals surface area contributed by atoms with Crippen LogP contribution in [0.1, 0.15) is 0 Å². The standard InChI is InChI=1S/C40H25NOS/c1-2-11-29(12-3-1)41(31-22-17-26-9-4-5-10-28(26)25-31)30-20-18-27(19-21-30)32-14-8-16-36-38(32)39-37(43-36)24-23-34-33-13-6-7-15-35(33)42-40(34)39/h1-25H. The van der Waals surface area contributed by atoms with Crippen molar-refractivity contribution >= 4 is 81.3 Å². The van der Waals surface area contributed by atoms with Gasteiger partial charge in [0.2, 0.25) is 0 Å². The number of furan rings is 1. The van der Waals surface area contributed by atoms with E-state index < -0.39 is 0 Å². The maximum atomic E-state index is 6.50. The summed E-state index contributed by atoms with van der Waals surface area (Å²) in [6.45, 7) is 0. The molecule has 0 aliphatic carbocycles. The van der Waals surface area contributed by atoms with Crippen LogP contribution in [-0.4, -0.2) is 0 Å². The smallest absolute Gasteiger partial charge is 0.144 e. The largest absolute Gasteiger partial charge is 0.455 e. The molecule has 0 bridgehead atoms. The molecule has 202 valence electrons. The second kappa shape index (κ2) is 9.59. The van der Waals surface area contributed by atoms with Crippen molar-refractivity contribution in [3.05, 3.63) is 152 Å². The SMILES string of the molecule is c1ccc(N(c2ccc(-c3cccc4sc5ccc6c7ccccc7oc6c5c34)cc2)c2ccc3ccccc3c2)cc1. The van der Waals surface area contributed by atoms with Crippen LogP contribution < -0.4 is 4.90 Å². The highest BCUT2D eigenvalue weighted by Gasteiger charge is 2.18. The van der Waals surface area contributed by atoms with Crippen LogP contribution in [0.2, 0.25) is 0 Å². The van der Waals surface area contributed by atoms with Crippen molar-refractivity contribution in [3.8, 4) is 11.1 Å². The summed E-state index contributed by atoms with van der Waals surface area (Å²) in [6.07, 6.45) is 0. The zero-order chi connectivity index (χ0) is 28.3. The van der Waals surface area contributed by atoms with E-state index in [4.69, 9.17) is 4.42 Å². The van der Waals surface area contributed by atoms with Gasteiger partial charge in [-0.25, -0.2) is 0 Å². The number of anilines is 3. The third kappa shape index (κ3) is 3.86. The summed E-state index contributed by atoms with van der Waals surface area (Å²) >= 11 is 1.83. The lowest BCUT2D eigenvalue weighted by Crippen LogP contribution is -2.09. The van der Waals surface area contributed by atoms with Crippen LogP contribution in [-0.2, 0) is 0 Å². The van der Waals surface area contributed by atoms with E-state index in [9.17, 15) is 0 Å². The molecule has 0 amide bonds. The highest BCUT2D eigenvalue weighted by Crippen LogP contribution is 2.45. The minimum absolute atomic E-state index is 0.931. The van der Waals surface area contributed by atoms with Crippen molar-refractivity contribution in [2.45, 2.75) is 0 Å². The van der Waals surface area contributed by atoms with E-state index in [2.05, 4.69) is 150 Å². The Morgan fingerprint density at radius 1 is 0.465 bits per heavy atom. The first-order chi connectivity index (χ1) is 21.3. The number of benzene rings is 7. The van der Waals surface area contributed by atoms with E-state index in [0.29, 0.717) is 0 Å². The first-order valence-corrected chi connectivity index (χ1v) is 15.3. The average Bonchev–Trinajstić information content (AvgIpc) is 3.64. The molecule has 0 aliphatic rings. The number of hydrogen-bond acceptors (Lipinski definition) is 3. The maximum absolute atomic E-state index is 6.50. The van der Waals surface area contributed by atoms with Crippen LogP contribution in [0.5, 0.6) is 0 Å². The molecule has 0 radical (unpaired) electrons. The molecular formula is C40H25NOS. The Bertz CT molecular complexity index is 2450. The summed E-state index contributed by atoms with van der Waals surface area (Å²) in [5.74, 6) is 0. The Morgan fingerprint density at radius 3 is 2.07 bits per heavy atom. The van der Waals surface area contributed by atoms with E-state index in [-0.39, 0.29) is 0 Å². The van der Waals surface area contributed by atoms with Gasteiger partial charge in [0.1, 0.15) is 11.2 Å². The van der Waals surface area contributed by atoms with E-state index in [0.717, 1.165) is 33.6 Å². The van der Waals surface area contributed by atoms with Gasteiger partial charge in [-0.2, -0.15) is 0 Å². The lowest BCUT2D eigenvalue weighted by molar-refractivity contribution is 0.673. The van der Waals surface area contributed by atoms with Crippen molar-refractivity contribution in [3.63, 3.8) is 0 Å². The molecule has 0 saturated carbocycles. The molecule has 3 heteroatoms. The summed E-state index contributed by atoms with van der Waals surface area (Å²) in [6, 6.07) is 54.2. The van der Waals surface area contributed by atoms with Crippen molar-refractivity contribution < 1.29 is 4.42 Å². The highest BCUT2D eigenvalue weighted by atomic mass is 32.1. The first kappa shape index (κ1) is 24.2. The van der Waals surface area contributed by atoms with Crippen LogP contribution in [0.15, 0.2) is 156 Å². The lowest BCUT2D eigenvalue weighted by atomic mass is 9.98. The van der Waals surface area contributed by atoms with Gasteiger partial charge in [0.15, 0.2) is 0 Å². The quantitative estimate of drug-likeness (QED) is 0.210. The van der Waals surface area contributed by atoms with Crippen LogP contribution in [0.25, 0.3) is 64.0 Å². The molecule has 0 fully saturated rings. The number of hydrogen-bond donors (Lipinski definition) is 0. The minimum Gasteiger partial charge on any atom is -0.455 e. The molecule has 0 atom stereocenters. The Morgan fingerprint density at radius 2 is 1.19 bits per heavy atom. The van der Waals surface area contributed by atoms with Gasteiger partial charge in [0, 0.05) is 48.0 Å². The Labute approximate surface area is 252 Å². The van der Waals surface area contributed by atoms with Crippen molar-refractivity contribution in [1.29, 1.82) is 0 Å². The molecule has 0 N–H and O–H groups in total. The number of rotatable bonds is 4. The normalized spacial score (nSPS) is 11.7. The predicted octanol–water partition coefficient (Wildman–Crippen LogP) is 12.2. The molecule has 0 saturated heterocycles. The molecule has 7 aromatic carbocycles. The van der Waals surface area contributed by atoms with Crippen LogP contribution in [0.4, 0.5) is 17.1 Å². The molecule has 2 nitrogen and oxygen atoms in total. The van der Waals surface area contributed by atoms with Gasteiger partial charge in [-0.3, -0.25) is 0 Å². The number of nitrogens with zero attached hydrogens (tertiary/aromatic N) is 1. The van der Waals surface area contributed by atoms with Crippen molar-refractivity contribution in [2.24, 2.45) is 0 Å². The first-order valence-electron chi connectivity index (χ1n) is 14.5. The average molecular weight is 568 g/mol. The Kier molecular flexibility index (Phi) is 5.40. The molecule has 43 heavy (non-hydrogen) atoms. The van der Waals surface area contributed by atoms with Gasteiger partial charge in [0.25, 0.3) is 0 Å². The van der Waals surface area contributed by atoms with E-state index >= 15 is 0 Å². The molecule has 9 aromatic rings. The summed E-state index contributed by atoms with van der Waals surface area (Å²) in [4.78, 5) is 2.33. The van der Waals surface area contributed by atoms with Crippen LogP contribution in [0.3, 0.4) is 0 Å². The molecule has 2 aromatic heterocycles. The third-order valence-corrected chi connectivity index (χ3v) is 9.57. The van der Waals surface area contributed by atoms with E-state index in [1.54, 1.807) is 0 Å². The van der Waals surface area contributed by atoms with E-state index in [1.165, 1.54) is 47.5 Å². The number of thiophene rings is 1. The number of para-hydroxylation sites is 2. The van der Waals surface area contributed by atoms with E-state index in [1.807, 2.05) is 17.4 Å². The lowest BCUT2D eigenvalue weighted by Gasteiger charge is -2.26. The predicted molar refractivity (Wildman–Crippen MR) is 184 cm³/mol. The molecular weight excluding hydrogens is 543 g/mol. The van der Waals surface area contributed by atoms with Crippen molar-refractivity contribution in [2.75, 3.05) is 4.90 Å². The molecule has 0 aliphatic heterocycles. The second-order valence-corrected chi connectivity index (χ2v) is 12.0. The number of fused-ring (bicyclic) bond motifs is 8. The van der Waals surface area contributed by atoms with Crippen LogP contribution in [0, 0.1) is 0 Å².